The van der Waals surface area contributed by atoms with E-state index in [9.17, 15) is 22.8 Å². The lowest BCUT2D eigenvalue weighted by Crippen LogP contribution is -2.37. The standard InChI is InChI=1S/C14H14F3N5O4/c1-8(9-2-3-11(19-4-9)14(15,16)17)21-13(25)26-10(12(23)24)5-22-7-18-6-20-22/h2-4,6-8,10H,5H2,1H3,(H,21,25)(H,23,24)/t8-,10-/m1/s1. The molecule has 0 fully saturated rings. The maximum absolute atomic E-state index is 12.5. The summed E-state index contributed by atoms with van der Waals surface area (Å²) in [7, 11) is 0. The summed E-state index contributed by atoms with van der Waals surface area (Å²) in [5, 5.41) is 15.1. The van der Waals surface area contributed by atoms with Crippen molar-refractivity contribution >= 4 is 12.1 Å². The Morgan fingerprint density at radius 2 is 2.12 bits per heavy atom. The van der Waals surface area contributed by atoms with Gasteiger partial charge in [-0.3, -0.25) is 4.98 Å². The largest absolute Gasteiger partial charge is 0.478 e. The molecule has 0 unspecified atom stereocenters. The molecule has 0 saturated heterocycles. The van der Waals surface area contributed by atoms with Crippen LogP contribution in [0.2, 0.25) is 0 Å². The van der Waals surface area contributed by atoms with Crippen molar-refractivity contribution in [2.75, 3.05) is 0 Å². The molecule has 2 atom stereocenters. The van der Waals surface area contributed by atoms with E-state index < -0.39 is 36.1 Å². The molecule has 0 aliphatic heterocycles. The lowest BCUT2D eigenvalue weighted by Gasteiger charge is -2.18. The Hall–Kier alpha value is -3.18. The van der Waals surface area contributed by atoms with Crippen molar-refractivity contribution in [1.29, 1.82) is 0 Å². The van der Waals surface area contributed by atoms with Gasteiger partial charge in [0.25, 0.3) is 0 Å². The molecule has 0 aliphatic carbocycles. The van der Waals surface area contributed by atoms with Crippen molar-refractivity contribution in [3.63, 3.8) is 0 Å². The molecule has 0 bridgehead atoms. The highest BCUT2D eigenvalue weighted by Crippen LogP contribution is 2.27. The number of nitrogens with one attached hydrogen (secondary N) is 1. The predicted octanol–water partition coefficient (Wildman–Crippen LogP) is 1.63. The van der Waals surface area contributed by atoms with E-state index in [-0.39, 0.29) is 12.1 Å². The number of halogens is 3. The molecule has 0 radical (unpaired) electrons. The Morgan fingerprint density at radius 3 is 2.62 bits per heavy atom. The quantitative estimate of drug-likeness (QED) is 0.790. The summed E-state index contributed by atoms with van der Waals surface area (Å²) >= 11 is 0. The van der Waals surface area contributed by atoms with Crippen molar-refractivity contribution < 1.29 is 32.6 Å². The first-order chi connectivity index (χ1) is 12.2. The van der Waals surface area contributed by atoms with Gasteiger partial charge in [0.05, 0.1) is 12.6 Å². The van der Waals surface area contributed by atoms with E-state index in [4.69, 9.17) is 9.84 Å². The lowest BCUT2D eigenvalue weighted by molar-refractivity contribution is -0.147. The minimum atomic E-state index is -4.57. The van der Waals surface area contributed by atoms with Crippen LogP contribution in [0.3, 0.4) is 0 Å². The Morgan fingerprint density at radius 1 is 1.38 bits per heavy atom. The average molecular weight is 373 g/mol. The minimum absolute atomic E-state index is 0.251. The first kappa shape index (κ1) is 19.1. The Balaban J connectivity index is 1.95. The van der Waals surface area contributed by atoms with Gasteiger partial charge in [0.1, 0.15) is 18.3 Å². The molecule has 140 valence electrons. The second-order valence-electron chi connectivity index (χ2n) is 5.19. The Labute approximate surface area is 144 Å². The molecule has 2 aromatic heterocycles. The summed E-state index contributed by atoms with van der Waals surface area (Å²) in [5.41, 5.74) is -0.770. The highest BCUT2D eigenvalue weighted by molar-refractivity contribution is 5.77. The van der Waals surface area contributed by atoms with Crippen LogP contribution >= 0.6 is 0 Å². The van der Waals surface area contributed by atoms with E-state index in [2.05, 4.69) is 20.4 Å². The number of hydrogen-bond donors (Lipinski definition) is 2. The molecule has 0 saturated carbocycles. The summed E-state index contributed by atoms with van der Waals surface area (Å²) in [6.45, 7) is 1.23. The van der Waals surface area contributed by atoms with Gasteiger partial charge in [0, 0.05) is 6.20 Å². The molecular formula is C14H14F3N5O4. The van der Waals surface area contributed by atoms with Gasteiger partial charge in [0.2, 0.25) is 6.10 Å². The Kier molecular flexibility index (Phi) is 5.75. The van der Waals surface area contributed by atoms with Crippen LogP contribution < -0.4 is 5.32 Å². The van der Waals surface area contributed by atoms with Crippen molar-refractivity contribution in [2.45, 2.75) is 31.8 Å². The van der Waals surface area contributed by atoms with Gasteiger partial charge in [0.15, 0.2) is 0 Å². The number of rotatable bonds is 6. The van der Waals surface area contributed by atoms with E-state index in [1.165, 1.54) is 24.3 Å². The number of nitrogens with zero attached hydrogens (tertiary/aromatic N) is 4. The van der Waals surface area contributed by atoms with Crippen LogP contribution in [-0.2, 0) is 22.3 Å². The van der Waals surface area contributed by atoms with Crippen molar-refractivity contribution in [3.8, 4) is 0 Å². The van der Waals surface area contributed by atoms with Crippen LogP contribution in [0.1, 0.15) is 24.2 Å². The fourth-order valence-electron chi connectivity index (χ4n) is 1.92. The second-order valence-corrected chi connectivity index (χ2v) is 5.19. The highest BCUT2D eigenvalue weighted by Gasteiger charge is 2.32. The average Bonchev–Trinajstić information content (AvgIpc) is 3.06. The van der Waals surface area contributed by atoms with E-state index in [1.54, 1.807) is 0 Å². The van der Waals surface area contributed by atoms with Crippen molar-refractivity contribution in [3.05, 3.63) is 42.2 Å². The third kappa shape index (κ3) is 5.16. The number of carbonyl (C=O) groups excluding carboxylic acids is 1. The summed E-state index contributed by atoms with van der Waals surface area (Å²) in [4.78, 5) is 29.9. The molecular weight excluding hydrogens is 359 g/mol. The molecule has 2 aromatic rings. The minimum Gasteiger partial charge on any atom is -0.478 e. The predicted molar refractivity (Wildman–Crippen MR) is 78.7 cm³/mol. The number of ether oxygens (including phenoxy) is 1. The SMILES string of the molecule is C[C@@H](NC(=O)O[C@H](Cn1cncn1)C(=O)O)c1ccc(C(F)(F)F)nc1. The lowest BCUT2D eigenvalue weighted by atomic mass is 10.1. The summed E-state index contributed by atoms with van der Waals surface area (Å²) in [6.07, 6.45) is -3.71. The molecule has 2 rings (SSSR count). The van der Waals surface area contributed by atoms with Gasteiger partial charge in [-0.15, -0.1) is 0 Å². The van der Waals surface area contributed by atoms with Crippen LogP contribution in [0.25, 0.3) is 0 Å². The van der Waals surface area contributed by atoms with E-state index >= 15 is 0 Å². The van der Waals surface area contributed by atoms with E-state index in [0.717, 1.165) is 18.3 Å². The molecule has 0 spiro atoms. The molecule has 1 amide bonds. The summed E-state index contributed by atoms with van der Waals surface area (Å²) in [6, 6.07) is 1.19. The fraction of sp³-hybridized carbons (Fsp3) is 0.357. The molecule has 0 aliphatic rings. The van der Waals surface area contributed by atoms with Gasteiger partial charge >= 0.3 is 18.2 Å². The zero-order valence-electron chi connectivity index (χ0n) is 13.3. The van der Waals surface area contributed by atoms with E-state index in [0.29, 0.717) is 0 Å². The zero-order chi connectivity index (χ0) is 19.3. The normalized spacial score (nSPS) is 13.7. The van der Waals surface area contributed by atoms with Crippen LogP contribution in [0.4, 0.5) is 18.0 Å². The third-order valence-corrected chi connectivity index (χ3v) is 3.26. The number of carboxylic acids is 1. The molecule has 12 heteroatoms. The number of aromatic nitrogens is 4. The fourth-order valence-corrected chi connectivity index (χ4v) is 1.92. The molecule has 2 N–H and O–H groups in total. The third-order valence-electron chi connectivity index (χ3n) is 3.26. The maximum Gasteiger partial charge on any atom is 0.433 e. The topological polar surface area (TPSA) is 119 Å². The first-order valence-electron chi connectivity index (χ1n) is 7.22. The van der Waals surface area contributed by atoms with Gasteiger partial charge in [-0.2, -0.15) is 18.3 Å². The van der Waals surface area contributed by atoms with Crippen LogP contribution in [0, 0.1) is 0 Å². The molecule has 0 aromatic carbocycles. The first-order valence-corrected chi connectivity index (χ1v) is 7.22. The van der Waals surface area contributed by atoms with Gasteiger partial charge in [-0.25, -0.2) is 19.3 Å². The summed E-state index contributed by atoms with van der Waals surface area (Å²) in [5.74, 6) is -1.39. The second kappa shape index (κ2) is 7.80. The number of alkyl carbamates (subject to hydrolysis) is 1. The number of carboxylic acid groups (broad SMARTS) is 1. The maximum atomic E-state index is 12.5. The highest BCUT2D eigenvalue weighted by atomic mass is 19.4. The smallest absolute Gasteiger partial charge is 0.433 e. The van der Waals surface area contributed by atoms with Crippen LogP contribution in [-0.4, -0.2) is 43.0 Å². The monoisotopic (exact) mass is 373 g/mol. The van der Waals surface area contributed by atoms with Crippen LogP contribution in [0.15, 0.2) is 31.0 Å². The Bertz CT molecular complexity index is 749. The summed E-state index contributed by atoms with van der Waals surface area (Å²) < 4.78 is 43.5. The van der Waals surface area contributed by atoms with Crippen molar-refractivity contribution in [1.82, 2.24) is 25.1 Å². The zero-order valence-corrected chi connectivity index (χ0v) is 13.3. The van der Waals surface area contributed by atoms with Crippen LogP contribution in [0.5, 0.6) is 0 Å². The number of alkyl halides is 3. The number of carbonyl (C=O) groups is 2. The molecule has 26 heavy (non-hydrogen) atoms. The van der Waals surface area contributed by atoms with Crippen molar-refractivity contribution in [2.24, 2.45) is 0 Å². The molecule has 9 nitrogen and oxygen atoms in total. The molecule has 2 heterocycles. The number of hydrogen-bond acceptors (Lipinski definition) is 6. The van der Waals surface area contributed by atoms with Gasteiger partial charge in [-0.05, 0) is 18.6 Å². The number of aliphatic carboxylic acids is 1. The van der Waals surface area contributed by atoms with Gasteiger partial charge < -0.3 is 15.2 Å². The number of pyridine rings is 1. The van der Waals surface area contributed by atoms with E-state index in [1.807, 2.05) is 0 Å². The van der Waals surface area contributed by atoms with Gasteiger partial charge in [-0.1, -0.05) is 6.07 Å². The number of amides is 1.